The normalized spacial score (nSPS) is 22.4. The molecule has 2 atom stereocenters. The molecule has 1 fully saturated rings. The molecule has 0 unspecified atom stereocenters. The number of hydrogen-bond acceptors (Lipinski definition) is 5. The van der Waals surface area contributed by atoms with E-state index in [2.05, 4.69) is 5.10 Å². The van der Waals surface area contributed by atoms with Gasteiger partial charge in [0.25, 0.3) is 5.91 Å². The minimum Gasteiger partial charge on any atom is -0.485 e. The van der Waals surface area contributed by atoms with E-state index in [1.807, 2.05) is 49.5 Å². The summed E-state index contributed by atoms with van der Waals surface area (Å²) in [6.07, 6.45) is 10.9. The summed E-state index contributed by atoms with van der Waals surface area (Å²) in [5, 5.41) is 4.18. The van der Waals surface area contributed by atoms with Crippen molar-refractivity contribution >= 4 is 11.8 Å². The summed E-state index contributed by atoms with van der Waals surface area (Å²) in [6.45, 7) is 2.36. The van der Waals surface area contributed by atoms with E-state index in [1.165, 1.54) is 12.8 Å². The number of fused-ring (bicyclic) bond motifs is 2. The average molecular weight is 483 g/mol. The third-order valence-corrected chi connectivity index (χ3v) is 6.92. The fourth-order valence-corrected chi connectivity index (χ4v) is 4.84. The number of hydrogen-bond donors (Lipinski definition) is 0. The molecule has 35 heavy (non-hydrogen) atoms. The van der Waals surface area contributed by atoms with Gasteiger partial charge in [0.15, 0.2) is 0 Å². The zero-order chi connectivity index (χ0) is 24.6. The molecule has 4 rings (SSSR count). The van der Waals surface area contributed by atoms with Crippen molar-refractivity contribution in [2.24, 2.45) is 7.05 Å². The number of para-hydroxylation sites is 1. The van der Waals surface area contributed by atoms with Crippen molar-refractivity contribution in [1.82, 2.24) is 19.6 Å². The maximum Gasteiger partial charge on any atom is 0.257 e. The van der Waals surface area contributed by atoms with Crippen molar-refractivity contribution in [3.63, 3.8) is 0 Å². The number of amides is 2. The van der Waals surface area contributed by atoms with E-state index in [0.717, 1.165) is 37.8 Å². The van der Waals surface area contributed by atoms with Gasteiger partial charge in [-0.1, -0.05) is 37.8 Å². The number of likely N-dealkylation sites (tertiary alicyclic amines) is 1. The Labute approximate surface area is 208 Å². The van der Waals surface area contributed by atoms with Gasteiger partial charge in [-0.25, -0.2) is 0 Å². The monoisotopic (exact) mass is 482 g/mol. The minimum absolute atomic E-state index is 0.0347. The second-order valence-corrected chi connectivity index (χ2v) is 9.73. The molecule has 8 nitrogen and oxygen atoms in total. The van der Waals surface area contributed by atoms with Crippen molar-refractivity contribution in [3.8, 4) is 5.75 Å². The third-order valence-electron chi connectivity index (χ3n) is 6.92. The molecule has 0 saturated carbocycles. The lowest BCUT2D eigenvalue weighted by atomic mass is 10.1. The molecule has 3 heterocycles. The molecule has 0 aliphatic carbocycles. The first-order valence-corrected chi connectivity index (χ1v) is 12.9. The number of rotatable bonds is 3. The van der Waals surface area contributed by atoms with Crippen LogP contribution in [0.15, 0.2) is 36.7 Å². The number of benzene rings is 1. The Morgan fingerprint density at radius 1 is 1.03 bits per heavy atom. The third kappa shape index (κ3) is 6.84. The zero-order valence-corrected chi connectivity index (χ0v) is 21.0. The highest BCUT2D eigenvalue weighted by molar-refractivity contribution is 5.96. The molecule has 190 valence electrons. The standard InChI is InChI=1S/C27H38N4O4/c1-29-15-9-5-3-4-6-10-16-34-24-19-31(26(32)14-13-21-17-28-30(2)18-21)20-25(24)35-23-12-8-7-11-22(23)27(29)33/h7-8,11-12,17-18,24-25H,3-6,9-10,13-16,19-20H2,1-2H3/t24-,25-/m1/s1. The molecular formula is C27H38N4O4. The van der Waals surface area contributed by atoms with Crippen LogP contribution in [0.5, 0.6) is 5.75 Å². The smallest absolute Gasteiger partial charge is 0.257 e. The highest BCUT2D eigenvalue weighted by Crippen LogP contribution is 2.26. The largest absolute Gasteiger partial charge is 0.485 e. The van der Waals surface area contributed by atoms with E-state index in [9.17, 15) is 9.59 Å². The lowest BCUT2D eigenvalue weighted by molar-refractivity contribution is -0.130. The van der Waals surface area contributed by atoms with Gasteiger partial charge in [-0.3, -0.25) is 14.3 Å². The Hall–Kier alpha value is -2.87. The molecule has 0 bridgehead atoms. The predicted octanol–water partition coefficient (Wildman–Crippen LogP) is 3.45. The number of nitrogens with zero attached hydrogens (tertiary/aromatic N) is 4. The van der Waals surface area contributed by atoms with Gasteiger partial charge in [-0.05, 0) is 37.0 Å². The molecule has 2 aliphatic rings. The van der Waals surface area contributed by atoms with E-state index >= 15 is 0 Å². The Bertz CT molecular complexity index is 991. The number of carbonyl (C=O) groups is 2. The zero-order valence-electron chi connectivity index (χ0n) is 21.0. The van der Waals surface area contributed by atoms with Crippen LogP contribution in [0.2, 0.25) is 0 Å². The van der Waals surface area contributed by atoms with Crippen molar-refractivity contribution < 1.29 is 19.1 Å². The van der Waals surface area contributed by atoms with Crippen LogP contribution >= 0.6 is 0 Å². The van der Waals surface area contributed by atoms with Gasteiger partial charge < -0.3 is 19.3 Å². The second-order valence-electron chi connectivity index (χ2n) is 9.73. The SMILES string of the molecule is CN1CCCCCCCCO[C@@H]2CN(C(=O)CCc3cnn(C)c3)C[C@H]2Oc2ccccc2C1=O. The van der Waals surface area contributed by atoms with E-state index in [1.54, 1.807) is 15.8 Å². The van der Waals surface area contributed by atoms with Gasteiger partial charge in [-0.2, -0.15) is 5.10 Å². The van der Waals surface area contributed by atoms with E-state index in [-0.39, 0.29) is 24.0 Å². The Morgan fingerprint density at radius 3 is 2.57 bits per heavy atom. The van der Waals surface area contributed by atoms with Crippen LogP contribution in [0.3, 0.4) is 0 Å². The van der Waals surface area contributed by atoms with Gasteiger partial charge in [0.1, 0.15) is 18.0 Å². The number of ether oxygens (including phenoxy) is 2. The summed E-state index contributed by atoms with van der Waals surface area (Å²) < 4.78 is 14.4. The highest BCUT2D eigenvalue weighted by Gasteiger charge is 2.38. The number of carbonyl (C=O) groups excluding carboxylic acids is 2. The average Bonchev–Trinajstić information content (AvgIpc) is 3.46. The van der Waals surface area contributed by atoms with Crippen LogP contribution in [-0.2, 0) is 23.0 Å². The van der Waals surface area contributed by atoms with Crippen LogP contribution < -0.4 is 4.74 Å². The van der Waals surface area contributed by atoms with Crippen LogP contribution in [0.1, 0.15) is 60.9 Å². The molecule has 1 saturated heterocycles. The predicted molar refractivity (Wildman–Crippen MR) is 133 cm³/mol. The summed E-state index contributed by atoms with van der Waals surface area (Å²) in [7, 11) is 3.73. The summed E-state index contributed by atoms with van der Waals surface area (Å²) in [4.78, 5) is 29.8. The molecule has 0 spiro atoms. The molecule has 8 heteroatoms. The summed E-state index contributed by atoms with van der Waals surface area (Å²) in [5.41, 5.74) is 1.61. The topological polar surface area (TPSA) is 76.9 Å². The van der Waals surface area contributed by atoms with Crippen molar-refractivity contribution in [2.75, 3.05) is 33.3 Å². The Morgan fingerprint density at radius 2 is 1.77 bits per heavy atom. The highest BCUT2D eigenvalue weighted by atomic mass is 16.5. The molecule has 1 aromatic carbocycles. The lowest BCUT2D eigenvalue weighted by Gasteiger charge is -2.24. The summed E-state index contributed by atoms with van der Waals surface area (Å²) >= 11 is 0. The summed E-state index contributed by atoms with van der Waals surface area (Å²) in [5.74, 6) is 0.607. The van der Waals surface area contributed by atoms with Gasteiger partial charge in [0.05, 0.1) is 24.8 Å². The van der Waals surface area contributed by atoms with E-state index in [4.69, 9.17) is 9.47 Å². The number of aryl methyl sites for hydroxylation is 2. The van der Waals surface area contributed by atoms with Gasteiger partial charge in [-0.15, -0.1) is 0 Å². The molecule has 1 aromatic heterocycles. The fraction of sp³-hybridized carbons (Fsp3) is 0.593. The first-order chi connectivity index (χ1) is 17.0. The number of aromatic nitrogens is 2. The first-order valence-electron chi connectivity index (χ1n) is 12.9. The second kappa shape index (κ2) is 12.2. The van der Waals surface area contributed by atoms with Crippen molar-refractivity contribution in [2.45, 2.75) is 63.6 Å². The maximum absolute atomic E-state index is 13.2. The Kier molecular flexibility index (Phi) is 8.79. The first kappa shape index (κ1) is 25.2. The fourth-order valence-electron chi connectivity index (χ4n) is 4.84. The molecule has 0 radical (unpaired) electrons. The lowest BCUT2D eigenvalue weighted by Crippen LogP contribution is -2.34. The van der Waals surface area contributed by atoms with Crippen LogP contribution in [0, 0.1) is 0 Å². The van der Waals surface area contributed by atoms with E-state index in [0.29, 0.717) is 43.9 Å². The van der Waals surface area contributed by atoms with Crippen molar-refractivity contribution in [1.29, 1.82) is 0 Å². The van der Waals surface area contributed by atoms with Gasteiger partial charge >= 0.3 is 0 Å². The molecule has 0 N–H and O–H groups in total. The van der Waals surface area contributed by atoms with Crippen molar-refractivity contribution in [3.05, 3.63) is 47.8 Å². The molecule has 2 aliphatic heterocycles. The van der Waals surface area contributed by atoms with Crippen LogP contribution in [-0.4, -0.2) is 76.9 Å². The quantitative estimate of drug-likeness (QED) is 0.670. The maximum atomic E-state index is 13.2. The van der Waals surface area contributed by atoms with Gasteiger partial charge in [0.2, 0.25) is 5.91 Å². The van der Waals surface area contributed by atoms with Crippen LogP contribution in [0.25, 0.3) is 0 Å². The molecular weight excluding hydrogens is 444 g/mol. The molecule has 2 aromatic rings. The van der Waals surface area contributed by atoms with Gasteiger partial charge in [0, 0.05) is 39.9 Å². The van der Waals surface area contributed by atoms with E-state index < -0.39 is 0 Å². The Balaban J connectivity index is 1.47. The van der Waals surface area contributed by atoms with Crippen LogP contribution in [0.4, 0.5) is 0 Å². The summed E-state index contributed by atoms with van der Waals surface area (Å²) in [6, 6.07) is 7.41. The minimum atomic E-state index is -0.315. The molecule has 2 amide bonds.